The molecule has 2 heterocycles. The van der Waals surface area contributed by atoms with E-state index in [-0.39, 0.29) is 0 Å². The van der Waals surface area contributed by atoms with Crippen LogP contribution < -0.4 is 5.32 Å². The average molecular weight is 248 g/mol. The van der Waals surface area contributed by atoms with Crippen LogP contribution in [0.4, 0.5) is 0 Å². The minimum absolute atomic E-state index is 0.567. The van der Waals surface area contributed by atoms with E-state index < -0.39 is 0 Å². The van der Waals surface area contributed by atoms with Gasteiger partial charge in [-0.2, -0.15) is 0 Å². The quantitative estimate of drug-likeness (QED) is 0.839. The number of rotatable bonds is 6. The molecule has 3 nitrogen and oxygen atoms in total. The van der Waals surface area contributed by atoms with Crippen molar-refractivity contribution in [2.75, 3.05) is 19.8 Å². The molecule has 0 amide bonds. The monoisotopic (exact) mass is 248 g/mol. The van der Waals surface area contributed by atoms with Gasteiger partial charge in [-0.15, -0.1) is 0 Å². The Morgan fingerprint density at radius 3 is 3.11 bits per heavy atom. The Bertz CT molecular complexity index is 323. The van der Waals surface area contributed by atoms with E-state index in [2.05, 4.69) is 29.4 Å². The maximum Gasteiger partial charge on any atom is 0.0509 e. The Labute approximate surface area is 110 Å². The van der Waals surface area contributed by atoms with E-state index in [0.29, 0.717) is 12.0 Å². The van der Waals surface area contributed by atoms with Crippen LogP contribution in [0, 0.1) is 5.92 Å². The molecule has 1 aromatic rings. The van der Waals surface area contributed by atoms with E-state index in [1.165, 1.54) is 18.5 Å². The summed E-state index contributed by atoms with van der Waals surface area (Å²) in [6.45, 7) is 5.07. The summed E-state index contributed by atoms with van der Waals surface area (Å²) in [5.74, 6) is 0.669. The van der Waals surface area contributed by atoms with E-state index >= 15 is 0 Å². The largest absolute Gasteiger partial charge is 0.381 e. The van der Waals surface area contributed by atoms with Gasteiger partial charge >= 0.3 is 0 Å². The standard InChI is InChI=1S/C15H24N2O/c1-2-16-15(13-6-5-11-18-12-13)9-8-14-7-3-4-10-17-14/h3-4,7,10,13,15-16H,2,5-6,8-9,11-12H2,1H3. The van der Waals surface area contributed by atoms with Crippen molar-refractivity contribution in [2.45, 2.75) is 38.6 Å². The van der Waals surface area contributed by atoms with Crippen LogP contribution in [0.3, 0.4) is 0 Å². The molecule has 0 bridgehead atoms. The summed E-state index contributed by atoms with van der Waals surface area (Å²) < 4.78 is 5.61. The molecule has 2 atom stereocenters. The van der Waals surface area contributed by atoms with Crippen LogP contribution in [0.25, 0.3) is 0 Å². The molecule has 1 saturated heterocycles. The summed E-state index contributed by atoms with van der Waals surface area (Å²) in [6, 6.07) is 6.71. The molecule has 1 fully saturated rings. The second-order valence-corrected chi connectivity index (χ2v) is 5.00. The van der Waals surface area contributed by atoms with Gasteiger partial charge in [0.15, 0.2) is 0 Å². The lowest BCUT2D eigenvalue weighted by Crippen LogP contribution is -2.40. The maximum atomic E-state index is 5.61. The van der Waals surface area contributed by atoms with E-state index in [4.69, 9.17) is 4.74 Å². The number of aryl methyl sites for hydroxylation is 1. The molecule has 18 heavy (non-hydrogen) atoms. The molecule has 1 N–H and O–H groups in total. The Balaban J connectivity index is 1.85. The van der Waals surface area contributed by atoms with Gasteiger partial charge in [-0.05, 0) is 50.3 Å². The minimum Gasteiger partial charge on any atom is -0.381 e. The van der Waals surface area contributed by atoms with Gasteiger partial charge < -0.3 is 10.1 Å². The Hall–Kier alpha value is -0.930. The second kappa shape index (κ2) is 7.49. The lowest BCUT2D eigenvalue weighted by atomic mass is 9.90. The highest BCUT2D eigenvalue weighted by Gasteiger charge is 2.23. The molecular weight excluding hydrogens is 224 g/mol. The zero-order valence-electron chi connectivity index (χ0n) is 11.3. The van der Waals surface area contributed by atoms with Gasteiger partial charge in [0, 0.05) is 24.5 Å². The fraction of sp³-hybridized carbons (Fsp3) is 0.667. The summed E-state index contributed by atoms with van der Waals surface area (Å²) >= 11 is 0. The summed E-state index contributed by atoms with van der Waals surface area (Å²) in [5, 5.41) is 3.61. The van der Waals surface area contributed by atoms with E-state index in [0.717, 1.165) is 32.6 Å². The Morgan fingerprint density at radius 1 is 1.50 bits per heavy atom. The molecule has 100 valence electrons. The summed E-state index contributed by atoms with van der Waals surface area (Å²) in [4.78, 5) is 4.40. The maximum absolute atomic E-state index is 5.61. The molecule has 1 aliphatic heterocycles. The smallest absolute Gasteiger partial charge is 0.0509 e. The van der Waals surface area contributed by atoms with Gasteiger partial charge in [0.25, 0.3) is 0 Å². The molecule has 0 spiro atoms. The first-order valence-electron chi connectivity index (χ1n) is 7.11. The first-order valence-corrected chi connectivity index (χ1v) is 7.11. The van der Waals surface area contributed by atoms with Crippen LogP contribution in [0.1, 0.15) is 31.9 Å². The van der Waals surface area contributed by atoms with E-state index in [1.807, 2.05) is 12.3 Å². The van der Waals surface area contributed by atoms with Crippen LogP contribution >= 0.6 is 0 Å². The number of nitrogens with zero attached hydrogens (tertiary/aromatic N) is 1. The van der Waals surface area contributed by atoms with Crippen LogP contribution in [0.5, 0.6) is 0 Å². The van der Waals surface area contributed by atoms with Crippen molar-refractivity contribution in [3.8, 4) is 0 Å². The fourth-order valence-corrected chi connectivity index (χ4v) is 2.70. The highest BCUT2D eigenvalue weighted by atomic mass is 16.5. The predicted octanol–water partition coefficient (Wildman–Crippen LogP) is 2.42. The molecule has 0 aromatic carbocycles. The number of hydrogen-bond donors (Lipinski definition) is 1. The summed E-state index contributed by atoms with van der Waals surface area (Å²) in [7, 11) is 0. The van der Waals surface area contributed by atoms with E-state index in [1.54, 1.807) is 0 Å². The number of pyridine rings is 1. The Morgan fingerprint density at radius 2 is 2.44 bits per heavy atom. The zero-order chi connectivity index (χ0) is 12.6. The average Bonchev–Trinajstić information content (AvgIpc) is 2.45. The third-order valence-corrected chi connectivity index (χ3v) is 3.67. The topological polar surface area (TPSA) is 34.2 Å². The molecule has 2 unspecified atom stereocenters. The van der Waals surface area contributed by atoms with Gasteiger partial charge in [0.2, 0.25) is 0 Å². The van der Waals surface area contributed by atoms with Crippen LogP contribution in [0.2, 0.25) is 0 Å². The third-order valence-electron chi connectivity index (χ3n) is 3.67. The first kappa shape index (κ1) is 13.5. The number of hydrogen-bond acceptors (Lipinski definition) is 3. The van der Waals surface area contributed by atoms with Crippen molar-refractivity contribution in [3.63, 3.8) is 0 Å². The second-order valence-electron chi connectivity index (χ2n) is 5.00. The van der Waals surface area contributed by atoms with Gasteiger partial charge in [-0.3, -0.25) is 4.98 Å². The lowest BCUT2D eigenvalue weighted by Gasteiger charge is -2.30. The predicted molar refractivity (Wildman–Crippen MR) is 73.6 cm³/mol. The number of ether oxygens (including phenoxy) is 1. The van der Waals surface area contributed by atoms with Crippen molar-refractivity contribution < 1.29 is 4.74 Å². The van der Waals surface area contributed by atoms with E-state index in [9.17, 15) is 0 Å². The van der Waals surface area contributed by atoms with Crippen molar-refractivity contribution >= 4 is 0 Å². The molecule has 2 rings (SSSR count). The highest BCUT2D eigenvalue weighted by Crippen LogP contribution is 2.20. The zero-order valence-corrected chi connectivity index (χ0v) is 11.3. The third kappa shape index (κ3) is 4.07. The summed E-state index contributed by atoms with van der Waals surface area (Å²) in [5.41, 5.74) is 1.19. The van der Waals surface area contributed by atoms with Crippen molar-refractivity contribution in [1.29, 1.82) is 0 Å². The van der Waals surface area contributed by atoms with Crippen LogP contribution in [-0.4, -0.2) is 30.8 Å². The molecule has 3 heteroatoms. The Kier molecular flexibility index (Phi) is 5.62. The lowest BCUT2D eigenvalue weighted by molar-refractivity contribution is 0.0382. The van der Waals surface area contributed by atoms with Crippen molar-refractivity contribution in [2.24, 2.45) is 5.92 Å². The number of aromatic nitrogens is 1. The van der Waals surface area contributed by atoms with Crippen molar-refractivity contribution in [3.05, 3.63) is 30.1 Å². The van der Waals surface area contributed by atoms with Gasteiger partial charge in [-0.25, -0.2) is 0 Å². The normalized spacial score (nSPS) is 21.7. The number of nitrogens with one attached hydrogen (secondary N) is 1. The van der Waals surface area contributed by atoms with Crippen LogP contribution in [-0.2, 0) is 11.2 Å². The van der Waals surface area contributed by atoms with Gasteiger partial charge in [-0.1, -0.05) is 13.0 Å². The van der Waals surface area contributed by atoms with Crippen LogP contribution in [0.15, 0.2) is 24.4 Å². The highest BCUT2D eigenvalue weighted by molar-refractivity contribution is 5.04. The first-order chi connectivity index (χ1) is 8.90. The SMILES string of the molecule is CCNC(CCc1ccccn1)C1CCCOC1. The minimum atomic E-state index is 0.567. The van der Waals surface area contributed by atoms with Gasteiger partial charge in [0.1, 0.15) is 0 Å². The summed E-state index contributed by atoms with van der Waals surface area (Å²) in [6.07, 6.45) is 6.57. The van der Waals surface area contributed by atoms with Gasteiger partial charge in [0.05, 0.1) is 6.61 Å². The molecule has 1 aliphatic rings. The molecule has 0 radical (unpaired) electrons. The molecule has 0 aliphatic carbocycles. The molecular formula is C15H24N2O. The fourth-order valence-electron chi connectivity index (χ4n) is 2.70. The van der Waals surface area contributed by atoms with Crippen molar-refractivity contribution in [1.82, 2.24) is 10.3 Å². The molecule has 0 saturated carbocycles. The molecule has 1 aromatic heterocycles.